The van der Waals surface area contributed by atoms with Gasteiger partial charge in [0.05, 0.1) is 19.2 Å². The van der Waals surface area contributed by atoms with Gasteiger partial charge in [-0.3, -0.25) is 0 Å². The van der Waals surface area contributed by atoms with Crippen LogP contribution in [-0.2, 0) is 0 Å². The van der Waals surface area contributed by atoms with E-state index in [1.165, 1.54) is 0 Å². The van der Waals surface area contributed by atoms with Gasteiger partial charge in [0, 0.05) is 0 Å². The van der Waals surface area contributed by atoms with Gasteiger partial charge >= 0.3 is 0 Å². The number of hydrogen-bond acceptors (Lipinski definition) is 4. The van der Waals surface area contributed by atoms with Gasteiger partial charge in [-0.2, -0.15) is 4.98 Å². The highest BCUT2D eigenvalue weighted by Gasteiger charge is 2.28. The van der Waals surface area contributed by atoms with Gasteiger partial charge in [0.1, 0.15) is 5.52 Å². The van der Waals surface area contributed by atoms with Crippen LogP contribution in [0.3, 0.4) is 0 Å². The summed E-state index contributed by atoms with van der Waals surface area (Å²) in [7, 11) is 0. The molecule has 0 atom stereocenters. The molecule has 72 valence electrons. The smallest absolute Gasteiger partial charge is 0.298 e. The zero-order valence-corrected chi connectivity index (χ0v) is 7.55. The molecule has 0 unspecified atom stereocenters. The third-order valence-electron chi connectivity index (χ3n) is 2.42. The van der Waals surface area contributed by atoms with Crippen molar-refractivity contribution in [2.24, 2.45) is 0 Å². The number of aromatic nitrogens is 1. The number of rotatable bonds is 1. The Hall–Kier alpha value is -1.55. The number of aliphatic hydroxyl groups excluding tert-OH is 1. The van der Waals surface area contributed by atoms with Crippen molar-refractivity contribution < 1.29 is 9.52 Å². The molecule has 1 N–H and O–H groups in total. The monoisotopic (exact) mass is 190 g/mol. The fraction of sp³-hybridized carbons (Fsp3) is 0.300. The maximum Gasteiger partial charge on any atom is 0.298 e. The normalized spacial score (nSPS) is 17.4. The molecule has 4 nitrogen and oxygen atoms in total. The zero-order chi connectivity index (χ0) is 9.54. The predicted octanol–water partition coefficient (Wildman–Crippen LogP) is 1.01. The van der Waals surface area contributed by atoms with Crippen LogP contribution in [0.5, 0.6) is 0 Å². The highest BCUT2D eigenvalue weighted by molar-refractivity contribution is 5.74. The molecule has 1 fully saturated rings. The van der Waals surface area contributed by atoms with E-state index in [-0.39, 0.29) is 6.10 Å². The van der Waals surface area contributed by atoms with Crippen LogP contribution in [0.2, 0.25) is 0 Å². The highest BCUT2D eigenvalue weighted by atomic mass is 16.4. The zero-order valence-electron chi connectivity index (χ0n) is 7.55. The number of nitrogens with zero attached hydrogens (tertiary/aromatic N) is 2. The molecule has 0 saturated carbocycles. The SMILES string of the molecule is OC1CN(c2nc3ccccc3o2)C1. The third-order valence-corrected chi connectivity index (χ3v) is 2.42. The maximum atomic E-state index is 9.14. The molecular weight excluding hydrogens is 180 g/mol. The Morgan fingerprint density at radius 1 is 1.36 bits per heavy atom. The fourth-order valence-corrected chi connectivity index (χ4v) is 1.61. The molecule has 2 heterocycles. The fourth-order valence-electron chi connectivity index (χ4n) is 1.61. The lowest BCUT2D eigenvalue weighted by molar-refractivity contribution is 0.137. The topological polar surface area (TPSA) is 49.5 Å². The van der Waals surface area contributed by atoms with E-state index in [9.17, 15) is 0 Å². The Labute approximate surface area is 80.8 Å². The summed E-state index contributed by atoms with van der Waals surface area (Å²) >= 11 is 0. The second-order valence-electron chi connectivity index (χ2n) is 3.52. The van der Waals surface area contributed by atoms with Gasteiger partial charge < -0.3 is 14.4 Å². The van der Waals surface area contributed by atoms with Crippen molar-refractivity contribution >= 4 is 17.1 Å². The highest BCUT2D eigenvalue weighted by Crippen LogP contribution is 2.24. The number of para-hydroxylation sites is 2. The van der Waals surface area contributed by atoms with Crippen molar-refractivity contribution in [3.63, 3.8) is 0 Å². The summed E-state index contributed by atoms with van der Waals surface area (Å²) in [5, 5.41) is 9.14. The average Bonchev–Trinajstić information content (AvgIpc) is 2.55. The van der Waals surface area contributed by atoms with Crippen LogP contribution in [0.15, 0.2) is 28.7 Å². The van der Waals surface area contributed by atoms with Crippen molar-refractivity contribution in [3.05, 3.63) is 24.3 Å². The summed E-state index contributed by atoms with van der Waals surface area (Å²) in [6.45, 7) is 1.24. The van der Waals surface area contributed by atoms with Crippen LogP contribution >= 0.6 is 0 Å². The first-order valence-electron chi connectivity index (χ1n) is 4.61. The molecular formula is C10H10N2O2. The van der Waals surface area contributed by atoms with Gasteiger partial charge in [0.25, 0.3) is 6.01 Å². The molecule has 1 aromatic heterocycles. The number of hydrogen-bond donors (Lipinski definition) is 1. The van der Waals surface area contributed by atoms with E-state index in [0.717, 1.165) is 11.1 Å². The van der Waals surface area contributed by atoms with Crippen LogP contribution in [-0.4, -0.2) is 29.3 Å². The van der Waals surface area contributed by atoms with Crippen molar-refractivity contribution in [1.82, 2.24) is 4.98 Å². The maximum absolute atomic E-state index is 9.14. The summed E-state index contributed by atoms with van der Waals surface area (Å²) in [5.41, 5.74) is 1.66. The molecule has 0 amide bonds. The molecule has 0 radical (unpaired) electrons. The minimum Gasteiger partial charge on any atom is -0.423 e. The molecule has 0 aliphatic carbocycles. The van der Waals surface area contributed by atoms with Gasteiger partial charge in [0.15, 0.2) is 5.58 Å². The second kappa shape index (κ2) is 2.72. The molecule has 1 aliphatic rings. The summed E-state index contributed by atoms with van der Waals surface area (Å²) < 4.78 is 5.52. The van der Waals surface area contributed by atoms with E-state index in [0.29, 0.717) is 19.1 Å². The van der Waals surface area contributed by atoms with E-state index in [4.69, 9.17) is 9.52 Å². The van der Waals surface area contributed by atoms with E-state index in [2.05, 4.69) is 4.98 Å². The van der Waals surface area contributed by atoms with E-state index >= 15 is 0 Å². The number of benzene rings is 1. The van der Waals surface area contributed by atoms with Gasteiger partial charge in [-0.25, -0.2) is 0 Å². The van der Waals surface area contributed by atoms with Crippen LogP contribution in [0.4, 0.5) is 6.01 Å². The molecule has 14 heavy (non-hydrogen) atoms. The number of oxazole rings is 1. The molecule has 2 aromatic rings. The number of anilines is 1. The number of aliphatic hydroxyl groups is 1. The lowest BCUT2D eigenvalue weighted by atomic mass is 10.2. The van der Waals surface area contributed by atoms with E-state index in [1.54, 1.807) is 0 Å². The Balaban J connectivity index is 1.99. The molecule has 1 saturated heterocycles. The Morgan fingerprint density at radius 2 is 2.14 bits per heavy atom. The summed E-state index contributed by atoms with van der Waals surface area (Å²) in [5.74, 6) is 0. The van der Waals surface area contributed by atoms with Gasteiger partial charge in [-0.1, -0.05) is 12.1 Å². The van der Waals surface area contributed by atoms with Crippen molar-refractivity contribution in [1.29, 1.82) is 0 Å². The van der Waals surface area contributed by atoms with Crippen LogP contribution in [0, 0.1) is 0 Å². The van der Waals surface area contributed by atoms with Gasteiger partial charge in [0.2, 0.25) is 0 Å². The molecule has 3 rings (SSSR count). The quantitative estimate of drug-likeness (QED) is 0.729. The molecule has 1 aliphatic heterocycles. The molecule has 0 bridgehead atoms. The molecule has 4 heteroatoms. The van der Waals surface area contributed by atoms with Crippen molar-refractivity contribution in [2.75, 3.05) is 18.0 Å². The average molecular weight is 190 g/mol. The molecule has 0 spiro atoms. The minimum atomic E-state index is -0.231. The largest absolute Gasteiger partial charge is 0.423 e. The second-order valence-corrected chi connectivity index (χ2v) is 3.52. The Bertz CT molecular complexity index is 427. The van der Waals surface area contributed by atoms with Crippen molar-refractivity contribution in [3.8, 4) is 0 Å². The summed E-state index contributed by atoms with van der Waals surface area (Å²) in [6.07, 6.45) is -0.231. The first-order valence-corrected chi connectivity index (χ1v) is 4.61. The third kappa shape index (κ3) is 1.08. The van der Waals surface area contributed by atoms with Gasteiger partial charge in [-0.05, 0) is 12.1 Å². The van der Waals surface area contributed by atoms with Crippen molar-refractivity contribution in [2.45, 2.75) is 6.10 Å². The minimum absolute atomic E-state index is 0.231. The lowest BCUT2D eigenvalue weighted by Gasteiger charge is -2.34. The number of fused-ring (bicyclic) bond motifs is 1. The standard InChI is InChI=1S/C10H10N2O2/c13-7-5-12(6-7)10-11-8-3-1-2-4-9(8)14-10/h1-4,7,13H,5-6H2. The Morgan fingerprint density at radius 3 is 2.86 bits per heavy atom. The van der Waals surface area contributed by atoms with E-state index in [1.807, 2.05) is 29.2 Å². The first-order chi connectivity index (χ1) is 6.83. The number of β-amino-alcohol motifs (C(OH)–C–C–N with tert-alkyl or cyclic N) is 1. The Kier molecular flexibility index (Phi) is 1.52. The summed E-state index contributed by atoms with van der Waals surface area (Å²) in [4.78, 5) is 6.24. The summed E-state index contributed by atoms with van der Waals surface area (Å²) in [6, 6.07) is 8.26. The molecule has 1 aromatic carbocycles. The predicted molar refractivity (Wildman–Crippen MR) is 52.2 cm³/mol. The van der Waals surface area contributed by atoms with E-state index < -0.39 is 0 Å². The lowest BCUT2D eigenvalue weighted by Crippen LogP contribution is -2.51. The van der Waals surface area contributed by atoms with Crippen LogP contribution < -0.4 is 4.90 Å². The van der Waals surface area contributed by atoms with Crippen LogP contribution in [0.25, 0.3) is 11.1 Å². The van der Waals surface area contributed by atoms with Crippen LogP contribution in [0.1, 0.15) is 0 Å². The first kappa shape index (κ1) is 7.82. The van der Waals surface area contributed by atoms with Gasteiger partial charge in [-0.15, -0.1) is 0 Å².